The van der Waals surface area contributed by atoms with E-state index in [4.69, 9.17) is 28.4 Å². The molecule has 2 saturated carbocycles. The summed E-state index contributed by atoms with van der Waals surface area (Å²) >= 11 is 0. The number of nitrogens with one attached hydrogen (secondary N) is 2. The zero-order valence-electron chi connectivity index (χ0n) is 52.0. The molecule has 4 fully saturated rings. The van der Waals surface area contributed by atoms with Gasteiger partial charge in [-0.15, -0.1) is 0 Å². The zero-order chi connectivity index (χ0) is 62.9. The molecule has 0 spiro atoms. The van der Waals surface area contributed by atoms with Gasteiger partial charge in [0, 0.05) is 62.1 Å². The van der Waals surface area contributed by atoms with Crippen LogP contribution >= 0.6 is 0 Å². The van der Waals surface area contributed by atoms with Gasteiger partial charge in [0.1, 0.15) is 48.0 Å². The number of carbonyl (C=O) groups is 4. The molecule has 2 radical (unpaired) electrons. The number of carbonyl (C=O) groups excluding carboxylic acids is 6. The number of aromatic nitrogens is 4. The number of ether oxygens (including phenoxy) is 6. The molecule has 484 valence electrons. The Balaban J connectivity index is 0.000000248. The van der Waals surface area contributed by atoms with E-state index in [9.17, 15) is 28.8 Å². The molecule has 2 aromatic carbocycles. The van der Waals surface area contributed by atoms with Crippen LogP contribution < -0.4 is 29.6 Å². The molecule has 4 aromatic rings. The Labute approximate surface area is 540 Å². The molecule has 2 aromatic heterocycles. The maximum Gasteiger partial charge on any atom is 0.408 e. The van der Waals surface area contributed by atoms with Crippen molar-refractivity contribution in [3.05, 3.63) is 47.8 Å². The summed E-state index contributed by atoms with van der Waals surface area (Å²) in [5.41, 5.74) is -1.44. The van der Waals surface area contributed by atoms with Gasteiger partial charge >= 0.3 is 12.2 Å². The first kappa shape index (κ1) is 70.5. The van der Waals surface area contributed by atoms with Crippen LogP contribution in [0, 0.1) is 34.5 Å². The van der Waals surface area contributed by atoms with Gasteiger partial charge in [-0.25, -0.2) is 42.1 Å². The van der Waals surface area contributed by atoms with Gasteiger partial charge in [-0.1, -0.05) is 86.7 Å². The number of nitrogens with zero attached hydrogens (tertiary/aromatic N) is 6. The normalized spacial score (nSPS) is 28.8. The average Bonchev–Trinajstić information content (AvgIpc) is 1.31. The first-order chi connectivity index (χ1) is 41.2. The van der Waals surface area contributed by atoms with Crippen LogP contribution in [-0.4, -0.2) is 141 Å². The van der Waals surface area contributed by atoms with E-state index in [1.165, 1.54) is 9.80 Å². The minimum Gasteiger partial charge on any atom is -0.540 e. The second-order valence-corrected chi connectivity index (χ2v) is 25.9. The fraction of sp³-hybridized carbons (Fsp3) is 0.651. The van der Waals surface area contributed by atoms with E-state index in [0.717, 1.165) is 0 Å². The predicted molar refractivity (Wildman–Crippen MR) is 310 cm³/mol. The molecule has 10 rings (SSSR count). The van der Waals surface area contributed by atoms with Gasteiger partial charge in [-0.2, -0.15) is 17.6 Å². The number of halogens is 4. The minimum absolute atomic E-state index is 0. The van der Waals surface area contributed by atoms with Crippen molar-refractivity contribution in [2.24, 2.45) is 34.5 Å². The van der Waals surface area contributed by atoms with Gasteiger partial charge < -0.3 is 58.4 Å². The van der Waals surface area contributed by atoms with Crippen LogP contribution in [0.4, 0.5) is 27.2 Å². The molecule has 4 amide bonds. The summed E-state index contributed by atoms with van der Waals surface area (Å²) in [6, 6.07) is 5.63. The minimum atomic E-state index is -3.36. The summed E-state index contributed by atoms with van der Waals surface area (Å²) in [5.74, 6) is -8.41. The van der Waals surface area contributed by atoms with Gasteiger partial charge in [0.25, 0.3) is 11.8 Å². The van der Waals surface area contributed by atoms with E-state index >= 15 is 17.6 Å². The topological polar surface area (TPSA) is 240 Å². The first-order valence-corrected chi connectivity index (χ1v) is 30.5. The van der Waals surface area contributed by atoms with E-state index < -0.39 is 119 Å². The van der Waals surface area contributed by atoms with Gasteiger partial charge in [0.2, 0.25) is 23.6 Å². The second-order valence-electron chi connectivity index (χ2n) is 25.9. The summed E-state index contributed by atoms with van der Waals surface area (Å²) in [5, 5.41) is 5.45. The Kier molecular flexibility index (Phi) is 22.7. The summed E-state index contributed by atoms with van der Waals surface area (Å²) in [6.07, 6.45) is 3.58. The number of hydrogen-bond acceptors (Lipinski definition) is 16. The monoisotopic (exact) mass is 1320 g/mol. The summed E-state index contributed by atoms with van der Waals surface area (Å²) in [7, 11) is 0. The number of benzene rings is 2. The fourth-order valence-corrected chi connectivity index (χ4v) is 12.1. The molecule has 2 aliphatic carbocycles. The molecule has 0 unspecified atom stereocenters. The van der Waals surface area contributed by atoms with Gasteiger partial charge in [-0.3, -0.25) is 9.59 Å². The molecular formula is C63H80F4N8O12V2-2. The number of alkyl carbamates (subject to hydrolysis) is 2. The van der Waals surface area contributed by atoms with E-state index in [-0.39, 0.29) is 110 Å². The van der Waals surface area contributed by atoms with Crippen LogP contribution in [-0.2, 0) is 77.6 Å². The van der Waals surface area contributed by atoms with Crippen LogP contribution in [0.3, 0.4) is 0 Å². The standard InChI is InChI=1S/C32H41F2N4O6.C31H39F2N4O6.2V/c1-6-20-23(17-39)38-16-25(20)43-28-26(35-21-12-11-19(42-7-2)15-22(21)36-28)32(33,34)13-9-8-10-18-14-24(18)44-30(41)37-27(29(38)40)31(3,4)5;1-6-41-19-10-11-20-21(14-19)35-27-25(34-20)31(32,33)12-8-7-9-18-13-23(18)43-29(40)36-26(30(3,4)5)28(39)37-15-24(42-27)17(2)22(37)16-38;;/h11-12,15,18,20,23-25,27H,6-10,13-14,16H2,1-5H3,(H,37,41);10-11,14,17-18,22-24,26H,6-9,12-13,15H2,1-5H3,(H,36,40);;/q2*-1;;/t18-,20+,23-,24-,25+,27-;17-,18+,22+,23+,24-,26+;;/m10../s1. The molecule has 6 aliphatic rings. The summed E-state index contributed by atoms with van der Waals surface area (Å²) in [6.45, 7) is 18.6. The van der Waals surface area contributed by atoms with Crippen molar-refractivity contribution in [2.75, 3.05) is 26.3 Å². The van der Waals surface area contributed by atoms with Crippen LogP contribution in [0.1, 0.15) is 151 Å². The van der Waals surface area contributed by atoms with Gasteiger partial charge in [0.05, 0.1) is 48.4 Å². The Morgan fingerprint density at radius 1 is 0.584 bits per heavy atom. The largest absolute Gasteiger partial charge is 0.540 e. The Hall–Kier alpha value is -5.97. The third kappa shape index (κ3) is 16.2. The van der Waals surface area contributed by atoms with Crippen molar-refractivity contribution in [1.82, 2.24) is 40.4 Å². The number of alkyl halides is 4. The third-order valence-electron chi connectivity index (χ3n) is 17.3. The van der Waals surface area contributed by atoms with Crippen LogP contribution in [0.25, 0.3) is 22.1 Å². The quantitative estimate of drug-likeness (QED) is 0.129. The van der Waals surface area contributed by atoms with Crippen molar-refractivity contribution >= 4 is 58.6 Å². The molecule has 4 aliphatic heterocycles. The zero-order valence-corrected chi connectivity index (χ0v) is 54.8. The molecular weight excluding hydrogens is 1240 g/mol. The van der Waals surface area contributed by atoms with E-state index in [1.54, 1.807) is 84.9 Å². The second kappa shape index (κ2) is 28.7. The SMILES string of the molecule is CCOc1ccc2nc3c(nc2c1)O[C@H]1CN(C(=O)[C@H](C(C)(C)C)NC(=O)O[C@@H]2C[C@H]2CCCCC3(F)F)[C@H]([C-]=O)[C@@H]1C.CCOc1ccc2nc3c(nc2c1)O[C@H]1CN(C(=O)[C@H](C(C)(C)C)NC(=O)O[C@@H]2C[C@H]2CCCCC3(F)F)[C@H]([C-]=O)[C@@H]1CC.[V].[V]. The number of fused-ring (bicyclic) bond motifs is 10. The van der Waals surface area contributed by atoms with Gasteiger partial charge in [-0.05, 0) is 111 Å². The maximum absolute atomic E-state index is 15.9. The van der Waals surface area contributed by atoms with Crippen molar-refractivity contribution in [1.29, 1.82) is 0 Å². The number of rotatable bonds is 7. The van der Waals surface area contributed by atoms with Crippen molar-refractivity contribution < 1.29 is 112 Å². The predicted octanol–water partition coefficient (Wildman–Crippen LogP) is 10.2. The summed E-state index contributed by atoms with van der Waals surface area (Å²) < 4.78 is 98.2. The molecule has 6 heterocycles. The molecule has 2 N–H and O–H groups in total. The number of hydrogen-bond donors (Lipinski definition) is 2. The maximum atomic E-state index is 15.9. The molecule has 2 saturated heterocycles. The summed E-state index contributed by atoms with van der Waals surface area (Å²) in [4.78, 5) is 98.3. The Bertz CT molecular complexity index is 3210. The smallest absolute Gasteiger partial charge is 0.408 e. The third-order valence-corrected chi connectivity index (χ3v) is 17.3. The average molecular weight is 1320 g/mol. The van der Waals surface area contributed by atoms with Crippen LogP contribution in [0.5, 0.6) is 23.3 Å². The Morgan fingerprint density at radius 3 is 1.40 bits per heavy atom. The van der Waals surface area contributed by atoms with Gasteiger partial charge in [0.15, 0.2) is 11.4 Å². The molecule has 4 bridgehead atoms. The van der Waals surface area contributed by atoms with E-state index in [1.807, 2.05) is 33.3 Å². The Morgan fingerprint density at radius 2 is 1.00 bits per heavy atom. The molecule has 20 nitrogen and oxygen atoms in total. The molecule has 12 atom stereocenters. The fourth-order valence-electron chi connectivity index (χ4n) is 12.1. The first-order valence-electron chi connectivity index (χ1n) is 30.5. The van der Waals surface area contributed by atoms with E-state index in [0.29, 0.717) is 80.7 Å². The van der Waals surface area contributed by atoms with Crippen LogP contribution in [0.15, 0.2) is 36.4 Å². The van der Waals surface area contributed by atoms with Crippen LogP contribution in [0.2, 0.25) is 0 Å². The van der Waals surface area contributed by atoms with Crippen molar-refractivity contribution in [3.63, 3.8) is 0 Å². The molecule has 89 heavy (non-hydrogen) atoms. The van der Waals surface area contributed by atoms with Crippen molar-refractivity contribution in [3.8, 4) is 23.3 Å². The number of amides is 4. The van der Waals surface area contributed by atoms with Crippen molar-refractivity contribution in [2.45, 2.75) is 200 Å². The molecule has 26 heteroatoms. The van der Waals surface area contributed by atoms with E-state index in [2.05, 4.69) is 30.6 Å².